The lowest BCUT2D eigenvalue weighted by atomic mass is 10.2. The van der Waals surface area contributed by atoms with E-state index in [-0.39, 0.29) is 26.2 Å². The molecule has 0 radical (unpaired) electrons. The second-order valence-corrected chi connectivity index (χ2v) is 6.48. The Morgan fingerprint density at radius 1 is 1.14 bits per heavy atom. The number of hydrogen-bond donors (Lipinski definition) is 1. The molecule has 0 saturated heterocycles. The number of halogens is 3. The summed E-state index contributed by atoms with van der Waals surface area (Å²) in [6.45, 7) is 0. The van der Waals surface area contributed by atoms with Gasteiger partial charge in [-0.05, 0) is 36.4 Å². The van der Waals surface area contributed by atoms with E-state index in [9.17, 15) is 12.8 Å². The Labute approximate surface area is 130 Å². The van der Waals surface area contributed by atoms with Crippen molar-refractivity contribution in [3.05, 3.63) is 57.8 Å². The third-order valence-electron chi connectivity index (χ3n) is 2.53. The molecule has 0 aromatic heterocycles. The van der Waals surface area contributed by atoms with Gasteiger partial charge in [-0.1, -0.05) is 23.2 Å². The number of nitrogens with one attached hydrogen (secondary N) is 1. The van der Waals surface area contributed by atoms with Crippen molar-refractivity contribution in [3.63, 3.8) is 0 Å². The summed E-state index contributed by atoms with van der Waals surface area (Å²) in [5.74, 6) is -0.643. The quantitative estimate of drug-likeness (QED) is 0.920. The van der Waals surface area contributed by atoms with Gasteiger partial charge < -0.3 is 0 Å². The maximum absolute atomic E-state index is 13.0. The topological polar surface area (TPSA) is 70.0 Å². The third kappa shape index (κ3) is 3.45. The molecule has 0 heterocycles. The van der Waals surface area contributed by atoms with E-state index in [1.54, 1.807) is 6.07 Å². The lowest BCUT2D eigenvalue weighted by molar-refractivity contribution is 0.601. The molecular weight excluding hydrogens is 338 g/mol. The molecule has 1 N–H and O–H groups in total. The van der Waals surface area contributed by atoms with Crippen LogP contribution in [-0.2, 0) is 10.0 Å². The molecule has 108 valence electrons. The molecule has 0 amide bonds. The minimum atomic E-state index is -4.05. The smallest absolute Gasteiger partial charge is 0.263 e. The second kappa shape index (κ2) is 5.90. The predicted octanol–water partition coefficient (Wildman–Crippen LogP) is 3.80. The van der Waals surface area contributed by atoms with E-state index in [2.05, 4.69) is 4.72 Å². The van der Waals surface area contributed by atoms with Crippen molar-refractivity contribution in [2.24, 2.45) is 0 Å². The van der Waals surface area contributed by atoms with Crippen LogP contribution in [-0.4, -0.2) is 8.42 Å². The Kier molecular flexibility index (Phi) is 4.37. The van der Waals surface area contributed by atoms with Gasteiger partial charge >= 0.3 is 0 Å². The highest BCUT2D eigenvalue weighted by atomic mass is 35.5. The van der Waals surface area contributed by atoms with Gasteiger partial charge in [0.15, 0.2) is 0 Å². The summed E-state index contributed by atoms with van der Waals surface area (Å²) in [6.07, 6.45) is 0. The van der Waals surface area contributed by atoms with Gasteiger partial charge in [0.05, 0.1) is 16.3 Å². The molecule has 0 atom stereocenters. The van der Waals surface area contributed by atoms with E-state index in [1.807, 2.05) is 0 Å². The second-order valence-electron chi connectivity index (χ2n) is 3.98. The molecule has 21 heavy (non-hydrogen) atoms. The van der Waals surface area contributed by atoms with E-state index < -0.39 is 15.8 Å². The lowest BCUT2D eigenvalue weighted by Gasteiger charge is -2.11. The van der Waals surface area contributed by atoms with Crippen LogP contribution in [0.25, 0.3) is 0 Å². The first kappa shape index (κ1) is 15.6. The lowest BCUT2D eigenvalue weighted by Crippen LogP contribution is -2.14. The van der Waals surface area contributed by atoms with Crippen molar-refractivity contribution < 1.29 is 12.8 Å². The van der Waals surface area contributed by atoms with Crippen LogP contribution < -0.4 is 4.72 Å². The van der Waals surface area contributed by atoms with Crippen LogP contribution in [0.3, 0.4) is 0 Å². The summed E-state index contributed by atoms with van der Waals surface area (Å²) < 4.78 is 39.8. The monoisotopic (exact) mass is 344 g/mol. The number of nitriles is 1. The fourth-order valence-electron chi connectivity index (χ4n) is 1.58. The molecule has 0 aliphatic heterocycles. The third-order valence-corrected chi connectivity index (χ3v) is 4.61. The summed E-state index contributed by atoms with van der Waals surface area (Å²) in [5.41, 5.74) is -0.188. The van der Waals surface area contributed by atoms with E-state index in [4.69, 9.17) is 28.5 Å². The van der Waals surface area contributed by atoms with Gasteiger partial charge in [-0.3, -0.25) is 4.72 Å². The largest absolute Gasteiger partial charge is 0.278 e. The van der Waals surface area contributed by atoms with Crippen molar-refractivity contribution in [2.75, 3.05) is 4.72 Å². The highest BCUT2D eigenvalue weighted by molar-refractivity contribution is 7.92. The van der Waals surface area contributed by atoms with Gasteiger partial charge in [-0.2, -0.15) is 5.26 Å². The average Bonchev–Trinajstić information content (AvgIpc) is 2.43. The van der Waals surface area contributed by atoms with Gasteiger partial charge in [-0.15, -0.1) is 0 Å². The van der Waals surface area contributed by atoms with Crippen molar-refractivity contribution >= 4 is 38.9 Å². The van der Waals surface area contributed by atoms with E-state index in [0.29, 0.717) is 0 Å². The molecule has 4 nitrogen and oxygen atoms in total. The van der Waals surface area contributed by atoms with E-state index in [1.165, 1.54) is 18.2 Å². The van der Waals surface area contributed by atoms with Gasteiger partial charge in [0.25, 0.3) is 10.0 Å². The molecule has 0 spiro atoms. The maximum Gasteiger partial charge on any atom is 0.263 e. The molecule has 0 aliphatic carbocycles. The van der Waals surface area contributed by atoms with Gasteiger partial charge in [-0.25, -0.2) is 12.8 Å². The number of rotatable bonds is 3. The molecule has 2 rings (SSSR count). The first-order valence-electron chi connectivity index (χ1n) is 5.51. The fourth-order valence-corrected chi connectivity index (χ4v) is 3.42. The predicted molar refractivity (Wildman–Crippen MR) is 78.4 cm³/mol. The Balaban J connectivity index is 2.48. The van der Waals surface area contributed by atoms with Crippen LogP contribution in [0.5, 0.6) is 0 Å². The van der Waals surface area contributed by atoms with Crippen LogP contribution in [0.1, 0.15) is 5.56 Å². The Morgan fingerprint density at radius 2 is 1.86 bits per heavy atom. The number of hydrogen-bond acceptors (Lipinski definition) is 3. The zero-order valence-electron chi connectivity index (χ0n) is 10.3. The van der Waals surface area contributed by atoms with Crippen LogP contribution >= 0.6 is 23.2 Å². The summed E-state index contributed by atoms with van der Waals surface area (Å²) in [5, 5.41) is 9.08. The van der Waals surface area contributed by atoms with Crippen molar-refractivity contribution in [1.82, 2.24) is 0 Å². The summed E-state index contributed by atoms with van der Waals surface area (Å²) >= 11 is 11.6. The first-order chi connectivity index (χ1) is 9.83. The minimum absolute atomic E-state index is 0.0208. The molecule has 0 unspecified atom stereocenters. The van der Waals surface area contributed by atoms with Crippen LogP contribution in [0.15, 0.2) is 41.3 Å². The van der Waals surface area contributed by atoms with Gasteiger partial charge in [0.2, 0.25) is 0 Å². The average molecular weight is 345 g/mol. The normalized spacial score (nSPS) is 11.0. The molecule has 2 aromatic carbocycles. The fraction of sp³-hybridized carbons (Fsp3) is 0. The molecule has 0 saturated carbocycles. The van der Waals surface area contributed by atoms with Crippen LogP contribution in [0.4, 0.5) is 10.1 Å². The summed E-state index contributed by atoms with van der Waals surface area (Å²) in [6, 6.07) is 8.80. The molecule has 2 aromatic rings. The van der Waals surface area contributed by atoms with E-state index in [0.717, 1.165) is 18.2 Å². The minimum Gasteiger partial charge on any atom is -0.278 e. The number of benzene rings is 2. The zero-order chi connectivity index (χ0) is 15.6. The first-order valence-corrected chi connectivity index (χ1v) is 7.75. The molecule has 0 bridgehead atoms. The maximum atomic E-state index is 13.0. The van der Waals surface area contributed by atoms with Crippen LogP contribution in [0.2, 0.25) is 10.0 Å². The molecular formula is C13H7Cl2FN2O2S. The highest BCUT2D eigenvalue weighted by Gasteiger charge is 2.20. The van der Waals surface area contributed by atoms with Crippen molar-refractivity contribution in [3.8, 4) is 6.07 Å². The molecule has 8 heteroatoms. The number of anilines is 1. The number of sulfonamides is 1. The highest BCUT2D eigenvalue weighted by Crippen LogP contribution is 2.27. The Morgan fingerprint density at radius 3 is 2.52 bits per heavy atom. The Hall–Kier alpha value is -1.81. The van der Waals surface area contributed by atoms with Gasteiger partial charge in [0.1, 0.15) is 16.8 Å². The summed E-state index contributed by atoms with van der Waals surface area (Å²) in [4.78, 5) is -0.232. The van der Waals surface area contributed by atoms with E-state index >= 15 is 0 Å². The standard InChI is InChI=1S/C13H7Cl2FN2O2S/c14-9-1-3-11(15)13(6-9)21(19,20)18-12-4-2-10(16)5-8(12)7-17/h1-6,18H. The Bertz CT molecular complexity index is 848. The van der Waals surface area contributed by atoms with Crippen LogP contribution in [0, 0.1) is 17.1 Å². The molecule has 0 fully saturated rings. The zero-order valence-corrected chi connectivity index (χ0v) is 12.6. The summed E-state index contributed by atoms with van der Waals surface area (Å²) in [7, 11) is -4.05. The van der Waals surface area contributed by atoms with Crippen molar-refractivity contribution in [1.29, 1.82) is 5.26 Å². The number of nitrogens with zero attached hydrogens (tertiary/aromatic N) is 1. The SMILES string of the molecule is N#Cc1cc(F)ccc1NS(=O)(=O)c1cc(Cl)ccc1Cl. The molecule has 0 aliphatic rings. The van der Waals surface area contributed by atoms with Gasteiger partial charge in [0, 0.05) is 5.02 Å². The van der Waals surface area contributed by atoms with Crippen molar-refractivity contribution in [2.45, 2.75) is 4.90 Å².